The Kier molecular flexibility index (Phi) is 3.49. The molecule has 0 fully saturated rings. The number of benzene rings is 1. The van der Waals surface area contributed by atoms with E-state index in [2.05, 4.69) is 14.9 Å². The molecule has 2 rings (SSSR count). The van der Waals surface area contributed by atoms with Gasteiger partial charge < -0.3 is 5.73 Å². The lowest BCUT2D eigenvalue weighted by atomic mass is 10.2. The van der Waals surface area contributed by atoms with Gasteiger partial charge in [0.25, 0.3) is 10.0 Å². The number of aryl methyl sites for hydroxylation is 2. The Morgan fingerprint density at radius 3 is 2.30 bits per heavy atom. The number of anilines is 1. The number of nitrogens with one attached hydrogen (secondary N) is 2. The van der Waals surface area contributed by atoms with Crippen LogP contribution in [0, 0.1) is 13.8 Å². The third-order valence-electron chi connectivity index (χ3n) is 2.75. The number of carbonyl (C=O) groups excluding carboxylic acids is 1. The van der Waals surface area contributed by atoms with Gasteiger partial charge in [0, 0.05) is 11.3 Å². The number of sulfonamides is 1. The number of carbonyl (C=O) groups is 1. The van der Waals surface area contributed by atoms with Crippen LogP contribution in [-0.4, -0.2) is 24.5 Å². The number of rotatable bonds is 4. The fraction of sp³-hybridized carbons (Fsp3) is 0.167. The number of aromatic amines is 1. The van der Waals surface area contributed by atoms with Gasteiger partial charge in [-0.1, -0.05) is 0 Å². The smallest absolute Gasteiger partial charge is 0.265 e. The molecule has 20 heavy (non-hydrogen) atoms. The van der Waals surface area contributed by atoms with Crippen LogP contribution in [0.5, 0.6) is 0 Å². The highest BCUT2D eigenvalue weighted by molar-refractivity contribution is 7.92. The van der Waals surface area contributed by atoms with E-state index in [9.17, 15) is 13.2 Å². The number of H-pyrrole nitrogens is 1. The zero-order chi connectivity index (χ0) is 14.9. The summed E-state index contributed by atoms with van der Waals surface area (Å²) in [6.45, 7) is 3.24. The van der Waals surface area contributed by atoms with Gasteiger partial charge in [-0.2, -0.15) is 5.10 Å². The van der Waals surface area contributed by atoms with E-state index in [4.69, 9.17) is 5.73 Å². The molecule has 1 heterocycles. The van der Waals surface area contributed by atoms with Gasteiger partial charge in [0.2, 0.25) is 5.91 Å². The first-order valence-electron chi connectivity index (χ1n) is 5.75. The maximum atomic E-state index is 12.3. The maximum Gasteiger partial charge on any atom is 0.265 e. The van der Waals surface area contributed by atoms with Crippen molar-refractivity contribution in [1.82, 2.24) is 10.2 Å². The maximum absolute atomic E-state index is 12.3. The first-order valence-corrected chi connectivity index (χ1v) is 7.24. The molecular weight excluding hydrogens is 280 g/mol. The van der Waals surface area contributed by atoms with Crippen molar-refractivity contribution < 1.29 is 13.2 Å². The summed E-state index contributed by atoms with van der Waals surface area (Å²) in [5, 5.41) is 6.48. The van der Waals surface area contributed by atoms with E-state index in [0.717, 1.165) is 0 Å². The lowest BCUT2D eigenvalue weighted by molar-refractivity contribution is 0.100. The van der Waals surface area contributed by atoms with E-state index < -0.39 is 15.9 Å². The molecule has 0 saturated heterocycles. The fourth-order valence-corrected chi connectivity index (χ4v) is 3.28. The van der Waals surface area contributed by atoms with Crippen LogP contribution in [0.1, 0.15) is 21.7 Å². The summed E-state index contributed by atoms with van der Waals surface area (Å²) in [4.78, 5) is 11.1. The van der Waals surface area contributed by atoms with Crippen molar-refractivity contribution in [2.75, 3.05) is 4.72 Å². The highest BCUT2D eigenvalue weighted by Crippen LogP contribution is 2.20. The van der Waals surface area contributed by atoms with Crippen LogP contribution in [0.15, 0.2) is 29.2 Å². The zero-order valence-corrected chi connectivity index (χ0v) is 11.8. The average molecular weight is 294 g/mol. The topological polar surface area (TPSA) is 118 Å². The molecule has 8 heteroatoms. The van der Waals surface area contributed by atoms with Crippen molar-refractivity contribution in [2.45, 2.75) is 18.7 Å². The molecule has 0 saturated carbocycles. The zero-order valence-electron chi connectivity index (χ0n) is 11.0. The number of nitrogens with zero attached hydrogens (tertiary/aromatic N) is 1. The van der Waals surface area contributed by atoms with Crippen LogP contribution in [0.25, 0.3) is 0 Å². The van der Waals surface area contributed by atoms with Crippen molar-refractivity contribution in [3.8, 4) is 0 Å². The first-order chi connectivity index (χ1) is 9.31. The summed E-state index contributed by atoms with van der Waals surface area (Å²) >= 11 is 0. The second-order valence-corrected chi connectivity index (χ2v) is 5.93. The molecule has 0 unspecified atom stereocenters. The molecule has 0 bridgehead atoms. The fourth-order valence-electron chi connectivity index (χ4n) is 1.85. The summed E-state index contributed by atoms with van der Waals surface area (Å²) in [6, 6.07) is 5.86. The van der Waals surface area contributed by atoms with Crippen LogP contribution in [0.2, 0.25) is 0 Å². The molecule has 1 aromatic heterocycles. The van der Waals surface area contributed by atoms with Gasteiger partial charge in [-0.25, -0.2) is 8.42 Å². The molecule has 106 valence electrons. The third-order valence-corrected chi connectivity index (χ3v) is 4.39. The summed E-state index contributed by atoms with van der Waals surface area (Å²) in [5.74, 6) is -0.569. The summed E-state index contributed by atoms with van der Waals surface area (Å²) in [7, 11) is -3.72. The van der Waals surface area contributed by atoms with Crippen molar-refractivity contribution >= 4 is 21.6 Å². The van der Waals surface area contributed by atoms with Crippen molar-refractivity contribution in [1.29, 1.82) is 0 Å². The highest BCUT2D eigenvalue weighted by Gasteiger charge is 2.22. The normalized spacial score (nSPS) is 11.3. The third kappa shape index (κ3) is 2.64. The monoisotopic (exact) mass is 294 g/mol. The number of aromatic nitrogens is 2. The molecule has 0 aliphatic rings. The Hall–Kier alpha value is -2.35. The highest BCUT2D eigenvalue weighted by atomic mass is 32.2. The second-order valence-electron chi connectivity index (χ2n) is 4.31. The van der Waals surface area contributed by atoms with Crippen LogP contribution < -0.4 is 10.5 Å². The van der Waals surface area contributed by atoms with Gasteiger partial charge in [0.1, 0.15) is 4.90 Å². The van der Waals surface area contributed by atoms with E-state index in [1.165, 1.54) is 24.3 Å². The van der Waals surface area contributed by atoms with E-state index in [-0.39, 0.29) is 4.90 Å². The molecule has 0 radical (unpaired) electrons. The van der Waals surface area contributed by atoms with Gasteiger partial charge in [-0.3, -0.25) is 14.6 Å². The number of amides is 1. The van der Waals surface area contributed by atoms with Gasteiger partial charge in [-0.05, 0) is 38.1 Å². The molecule has 0 aliphatic heterocycles. The molecular formula is C12H14N4O3S. The predicted octanol–water partition coefficient (Wildman–Crippen LogP) is 0.926. The van der Waals surface area contributed by atoms with Gasteiger partial charge in [0.15, 0.2) is 0 Å². The molecule has 1 amide bonds. The average Bonchev–Trinajstić information content (AvgIpc) is 2.69. The molecule has 4 N–H and O–H groups in total. The van der Waals surface area contributed by atoms with Crippen LogP contribution >= 0.6 is 0 Å². The summed E-state index contributed by atoms with van der Waals surface area (Å²) in [6.07, 6.45) is 0. The predicted molar refractivity (Wildman–Crippen MR) is 73.8 cm³/mol. The van der Waals surface area contributed by atoms with Crippen molar-refractivity contribution in [2.24, 2.45) is 5.73 Å². The van der Waals surface area contributed by atoms with Crippen LogP contribution in [0.3, 0.4) is 0 Å². The van der Waals surface area contributed by atoms with Gasteiger partial charge >= 0.3 is 0 Å². The Bertz CT molecular complexity index is 728. The Balaban J connectivity index is 2.31. The molecule has 2 aromatic rings. The van der Waals surface area contributed by atoms with Crippen molar-refractivity contribution in [3.63, 3.8) is 0 Å². The Morgan fingerprint density at radius 1 is 1.25 bits per heavy atom. The first kappa shape index (κ1) is 14.1. The number of hydrogen-bond acceptors (Lipinski definition) is 4. The molecule has 7 nitrogen and oxygen atoms in total. The number of hydrogen-bond donors (Lipinski definition) is 3. The van der Waals surface area contributed by atoms with Gasteiger partial charge in [0.05, 0.1) is 11.4 Å². The summed E-state index contributed by atoms with van der Waals surface area (Å²) < 4.78 is 26.9. The molecule has 0 atom stereocenters. The van der Waals surface area contributed by atoms with E-state index in [1.54, 1.807) is 13.8 Å². The van der Waals surface area contributed by atoms with Crippen LogP contribution in [0.4, 0.5) is 5.69 Å². The molecule has 1 aromatic carbocycles. The Labute approximate surface area is 116 Å². The van der Waals surface area contributed by atoms with E-state index in [1.807, 2.05) is 0 Å². The van der Waals surface area contributed by atoms with E-state index in [0.29, 0.717) is 22.6 Å². The van der Waals surface area contributed by atoms with Gasteiger partial charge in [-0.15, -0.1) is 0 Å². The van der Waals surface area contributed by atoms with Crippen LogP contribution in [-0.2, 0) is 10.0 Å². The summed E-state index contributed by atoms with van der Waals surface area (Å²) in [5.41, 5.74) is 6.62. The van der Waals surface area contributed by atoms with Crippen molar-refractivity contribution in [3.05, 3.63) is 41.2 Å². The second kappa shape index (κ2) is 4.97. The van der Waals surface area contributed by atoms with E-state index >= 15 is 0 Å². The standard InChI is InChI=1S/C12H14N4O3S/c1-7-11(8(2)15-14-7)20(18,19)16-10-5-3-9(4-6-10)12(13)17/h3-6,16H,1-2H3,(H2,13,17)(H,14,15). The minimum Gasteiger partial charge on any atom is -0.366 e. The minimum absolute atomic E-state index is 0.122. The molecule has 0 spiro atoms. The lowest BCUT2D eigenvalue weighted by Crippen LogP contribution is -2.15. The lowest BCUT2D eigenvalue weighted by Gasteiger charge is -2.08. The number of primary amides is 1. The minimum atomic E-state index is -3.72. The quantitative estimate of drug-likeness (QED) is 0.777. The SMILES string of the molecule is Cc1n[nH]c(C)c1S(=O)(=O)Nc1ccc(C(N)=O)cc1. The largest absolute Gasteiger partial charge is 0.366 e. The molecule has 0 aliphatic carbocycles. The number of nitrogens with two attached hydrogens (primary N) is 1. The Morgan fingerprint density at radius 2 is 1.85 bits per heavy atom.